The van der Waals surface area contributed by atoms with Crippen LogP contribution in [0.25, 0.3) is 0 Å². The Morgan fingerprint density at radius 1 is 1.16 bits per heavy atom. The van der Waals surface area contributed by atoms with E-state index >= 15 is 0 Å². The quantitative estimate of drug-likeness (QED) is 0.443. The second kappa shape index (κ2) is 11.1. The van der Waals surface area contributed by atoms with Gasteiger partial charge < -0.3 is 20.7 Å². The molecule has 6 heteroatoms. The summed E-state index contributed by atoms with van der Waals surface area (Å²) in [4.78, 5) is 14.6. The Morgan fingerprint density at radius 3 is 2.52 bits per heavy atom. The fourth-order valence-electron chi connectivity index (χ4n) is 3.80. The van der Waals surface area contributed by atoms with Gasteiger partial charge in [0, 0.05) is 31.4 Å². The highest BCUT2D eigenvalue weighted by Gasteiger charge is 2.24. The highest BCUT2D eigenvalue weighted by atomic mass is 16.3. The van der Waals surface area contributed by atoms with Crippen molar-refractivity contribution in [1.82, 2.24) is 21.1 Å². The zero-order chi connectivity index (χ0) is 22.2. The minimum Gasteiger partial charge on any atom is -0.387 e. The molecule has 31 heavy (non-hydrogen) atoms. The second-order valence-corrected chi connectivity index (χ2v) is 8.10. The Morgan fingerprint density at radius 2 is 1.87 bits per heavy atom. The first-order chi connectivity index (χ1) is 15.0. The number of nitrogens with one attached hydrogen (secondary N) is 3. The average Bonchev–Trinajstić information content (AvgIpc) is 3.16. The molecule has 0 aliphatic carbocycles. The van der Waals surface area contributed by atoms with E-state index in [1.54, 1.807) is 4.90 Å². The van der Waals surface area contributed by atoms with Gasteiger partial charge in [-0.3, -0.25) is 4.79 Å². The van der Waals surface area contributed by atoms with Gasteiger partial charge in [-0.05, 0) is 55.1 Å². The number of aliphatic hydroxyl groups excluding tert-OH is 1. The third-order valence-electron chi connectivity index (χ3n) is 5.87. The normalized spacial score (nSPS) is 16.8. The molecule has 1 aliphatic heterocycles. The van der Waals surface area contributed by atoms with Gasteiger partial charge in [0.2, 0.25) is 0 Å². The van der Waals surface area contributed by atoms with Crippen molar-refractivity contribution in [2.75, 3.05) is 26.7 Å². The molecule has 166 valence electrons. The lowest BCUT2D eigenvalue weighted by Gasteiger charge is -2.22. The maximum absolute atomic E-state index is 12.8. The van der Waals surface area contributed by atoms with Crippen molar-refractivity contribution < 1.29 is 9.90 Å². The molecule has 1 heterocycles. The number of likely N-dealkylation sites (N-methyl/N-ethyl adjacent to an activating group) is 1. The molecule has 0 radical (unpaired) electrons. The van der Waals surface area contributed by atoms with Crippen LogP contribution in [0, 0.1) is 0 Å². The second-order valence-electron chi connectivity index (χ2n) is 8.10. The first-order valence-electron chi connectivity index (χ1n) is 11.0. The molecule has 3 rings (SSSR count). The third-order valence-corrected chi connectivity index (χ3v) is 5.87. The van der Waals surface area contributed by atoms with Gasteiger partial charge in [-0.2, -0.15) is 0 Å². The van der Waals surface area contributed by atoms with E-state index in [4.69, 9.17) is 0 Å². The number of nitrogens with zero attached hydrogens (tertiary/aromatic N) is 1. The van der Waals surface area contributed by atoms with Crippen molar-refractivity contribution in [1.29, 1.82) is 0 Å². The Bertz CT molecular complexity index is 880. The fraction of sp³-hybridized carbons (Fsp3) is 0.400. The van der Waals surface area contributed by atoms with Crippen LogP contribution in [0.2, 0.25) is 0 Å². The number of rotatable bonds is 10. The van der Waals surface area contributed by atoms with Crippen LogP contribution >= 0.6 is 0 Å². The smallest absolute Gasteiger partial charge is 0.253 e. The van der Waals surface area contributed by atoms with Crippen LogP contribution in [-0.2, 0) is 6.42 Å². The summed E-state index contributed by atoms with van der Waals surface area (Å²) in [6.07, 6.45) is 1.29. The fourth-order valence-corrected chi connectivity index (χ4v) is 3.80. The van der Waals surface area contributed by atoms with Crippen molar-refractivity contribution >= 4 is 5.91 Å². The number of benzene rings is 2. The Labute approximate surface area is 185 Å². The summed E-state index contributed by atoms with van der Waals surface area (Å²) in [5.74, 6) is 0.0233. The number of carbonyl (C=O) groups is 1. The molecule has 2 unspecified atom stereocenters. The first kappa shape index (κ1) is 23.0. The zero-order valence-corrected chi connectivity index (χ0v) is 18.7. The topological polar surface area (TPSA) is 76.6 Å². The van der Waals surface area contributed by atoms with Crippen molar-refractivity contribution in [3.05, 3.63) is 82.6 Å². The van der Waals surface area contributed by atoms with Crippen LogP contribution in [-0.4, -0.2) is 48.6 Å². The molecule has 0 saturated heterocycles. The molecule has 1 aliphatic rings. The molecule has 0 bridgehead atoms. The summed E-state index contributed by atoms with van der Waals surface area (Å²) in [6.45, 7) is 6.13. The lowest BCUT2D eigenvalue weighted by Crippen LogP contribution is -2.42. The van der Waals surface area contributed by atoms with Gasteiger partial charge in [0.25, 0.3) is 5.91 Å². The lowest BCUT2D eigenvalue weighted by molar-refractivity contribution is 0.0786. The maximum atomic E-state index is 12.8. The highest BCUT2D eigenvalue weighted by Crippen LogP contribution is 2.16. The van der Waals surface area contributed by atoms with E-state index in [1.165, 1.54) is 11.3 Å². The number of amides is 1. The molecule has 4 N–H and O–H groups in total. The number of hydrogen-bond donors (Lipinski definition) is 4. The van der Waals surface area contributed by atoms with E-state index in [0.29, 0.717) is 18.7 Å². The summed E-state index contributed by atoms with van der Waals surface area (Å²) in [6, 6.07) is 17.6. The van der Waals surface area contributed by atoms with Gasteiger partial charge in [-0.25, -0.2) is 5.43 Å². The molecule has 2 aromatic rings. The Kier molecular flexibility index (Phi) is 8.23. The Balaban J connectivity index is 1.44. The van der Waals surface area contributed by atoms with Gasteiger partial charge >= 0.3 is 0 Å². The summed E-state index contributed by atoms with van der Waals surface area (Å²) < 4.78 is 0. The van der Waals surface area contributed by atoms with E-state index in [1.807, 2.05) is 61.6 Å². The molecule has 0 spiro atoms. The Hall–Kier alpha value is -2.67. The van der Waals surface area contributed by atoms with Crippen molar-refractivity contribution in [2.45, 2.75) is 38.8 Å². The number of carbonyl (C=O) groups excluding carboxylic acids is 1. The molecular formula is C25H34N4O2. The molecule has 2 atom stereocenters. The van der Waals surface area contributed by atoms with Crippen LogP contribution in [0.1, 0.15) is 47.9 Å². The summed E-state index contributed by atoms with van der Waals surface area (Å²) in [5.41, 5.74) is 11.7. The summed E-state index contributed by atoms with van der Waals surface area (Å²) in [7, 11) is 1.84. The largest absolute Gasteiger partial charge is 0.387 e. The standard InChI is InChI=1S/C25H34N4O2/c1-4-22-18(2)23(28-27-22)17-29(3)25(31)21-12-10-19(11-13-21)14-15-26-16-24(30)20-8-6-5-7-9-20/h5-13,23-24,26-28,30H,4,14-17H2,1-3H3. The van der Waals surface area contributed by atoms with Crippen LogP contribution in [0.5, 0.6) is 0 Å². The summed E-state index contributed by atoms with van der Waals surface area (Å²) >= 11 is 0. The highest BCUT2D eigenvalue weighted by molar-refractivity contribution is 5.94. The number of hydrogen-bond acceptors (Lipinski definition) is 5. The summed E-state index contributed by atoms with van der Waals surface area (Å²) in [5, 5.41) is 13.5. The van der Waals surface area contributed by atoms with Crippen molar-refractivity contribution in [3.63, 3.8) is 0 Å². The zero-order valence-electron chi connectivity index (χ0n) is 18.7. The van der Waals surface area contributed by atoms with E-state index in [0.717, 1.165) is 30.5 Å². The van der Waals surface area contributed by atoms with Crippen LogP contribution in [0.15, 0.2) is 65.9 Å². The molecular weight excluding hydrogens is 388 g/mol. The van der Waals surface area contributed by atoms with E-state index in [-0.39, 0.29) is 11.9 Å². The molecule has 6 nitrogen and oxygen atoms in total. The van der Waals surface area contributed by atoms with E-state index < -0.39 is 6.10 Å². The first-order valence-corrected chi connectivity index (χ1v) is 11.0. The van der Waals surface area contributed by atoms with Crippen molar-refractivity contribution in [2.24, 2.45) is 0 Å². The molecule has 0 fully saturated rings. The predicted octanol–water partition coefficient (Wildman–Crippen LogP) is 2.78. The minimum atomic E-state index is -0.506. The number of aliphatic hydroxyl groups is 1. The maximum Gasteiger partial charge on any atom is 0.253 e. The van der Waals surface area contributed by atoms with Crippen LogP contribution in [0.4, 0.5) is 0 Å². The van der Waals surface area contributed by atoms with Crippen LogP contribution in [0.3, 0.4) is 0 Å². The molecule has 0 saturated carbocycles. The van der Waals surface area contributed by atoms with Gasteiger partial charge in [0.05, 0.1) is 12.1 Å². The average molecular weight is 423 g/mol. The SMILES string of the molecule is CCC1=C(C)C(CN(C)C(=O)c2ccc(CCNCC(O)c3ccccc3)cc2)NN1. The molecule has 2 aromatic carbocycles. The minimum absolute atomic E-state index is 0.0233. The van der Waals surface area contributed by atoms with Gasteiger partial charge in [-0.15, -0.1) is 0 Å². The van der Waals surface area contributed by atoms with Gasteiger partial charge in [0.1, 0.15) is 0 Å². The van der Waals surface area contributed by atoms with Crippen LogP contribution < -0.4 is 16.2 Å². The number of hydrazine groups is 1. The van der Waals surface area contributed by atoms with E-state index in [9.17, 15) is 9.90 Å². The third kappa shape index (κ3) is 6.17. The predicted molar refractivity (Wildman–Crippen MR) is 124 cm³/mol. The number of allylic oxidation sites excluding steroid dienone is 1. The van der Waals surface area contributed by atoms with Gasteiger partial charge in [0.15, 0.2) is 0 Å². The van der Waals surface area contributed by atoms with E-state index in [2.05, 4.69) is 30.0 Å². The molecule has 1 amide bonds. The van der Waals surface area contributed by atoms with Gasteiger partial charge in [-0.1, -0.05) is 49.4 Å². The molecule has 0 aromatic heterocycles. The lowest BCUT2D eigenvalue weighted by atomic mass is 10.1. The monoisotopic (exact) mass is 422 g/mol. The van der Waals surface area contributed by atoms with Crippen molar-refractivity contribution in [3.8, 4) is 0 Å².